The Hall–Kier alpha value is -2.95. The van der Waals surface area contributed by atoms with Crippen molar-refractivity contribution < 1.29 is 19.7 Å². The van der Waals surface area contributed by atoms with Crippen LogP contribution in [0.3, 0.4) is 0 Å². The summed E-state index contributed by atoms with van der Waals surface area (Å²) >= 11 is 0. The molecule has 0 saturated heterocycles. The highest BCUT2D eigenvalue weighted by molar-refractivity contribution is 5.84. The molecule has 20 heavy (non-hydrogen) atoms. The Balaban J connectivity index is 2.27. The van der Waals surface area contributed by atoms with E-state index in [1.807, 2.05) is 0 Å². The minimum Gasteiger partial charge on any atom is -0.507 e. The molecule has 0 unspecified atom stereocenters. The third-order valence-electron chi connectivity index (χ3n) is 2.99. The maximum Gasteiger partial charge on any atom is 0.197 e. The fraction of sp³-hybridized carbons (Fsp3) is 0. The molecular formula is C15H10O5. The summed E-state index contributed by atoms with van der Waals surface area (Å²) in [6.45, 7) is 0. The number of phenolic OH excluding ortho intramolecular Hbond substituents is 3. The molecule has 0 spiro atoms. The van der Waals surface area contributed by atoms with Crippen LogP contribution in [-0.4, -0.2) is 15.3 Å². The summed E-state index contributed by atoms with van der Waals surface area (Å²) in [5.41, 5.74) is 0.314. The van der Waals surface area contributed by atoms with Crippen LogP contribution in [0.1, 0.15) is 0 Å². The lowest BCUT2D eigenvalue weighted by molar-refractivity contribution is 0.404. The Morgan fingerprint density at radius 2 is 1.65 bits per heavy atom. The van der Waals surface area contributed by atoms with Gasteiger partial charge in [-0.25, -0.2) is 0 Å². The smallest absolute Gasteiger partial charge is 0.197 e. The predicted octanol–water partition coefficient (Wildman–Crippen LogP) is 2.58. The molecule has 5 heteroatoms. The first-order valence-corrected chi connectivity index (χ1v) is 5.84. The van der Waals surface area contributed by atoms with Crippen LogP contribution < -0.4 is 5.43 Å². The first kappa shape index (κ1) is 12.1. The molecule has 0 bridgehead atoms. The van der Waals surface area contributed by atoms with Crippen molar-refractivity contribution in [2.24, 2.45) is 0 Å². The molecule has 2 aromatic carbocycles. The standard InChI is InChI=1S/C15H10O5/c16-9-5-4-8(6-11(9)18)14-7-12(19)15-10(17)2-1-3-13(15)20-14/h1-7,16-18H. The van der Waals surface area contributed by atoms with Crippen molar-refractivity contribution >= 4 is 11.0 Å². The van der Waals surface area contributed by atoms with E-state index in [1.54, 1.807) is 12.1 Å². The number of phenols is 3. The van der Waals surface area contributed by atoms with E-state index < -0.39 is 0 Å². The predicted molar refractivity (Wildman–Crippen MR) is 72.9 cm³/mol. The van der Waals surface area contributed by atoms with Crippen LogP contribution >= 0.6 is 0 Å². The van der Waals surface area contributed by atoms with E-state index in [2.05, 4.69) is 0 Å². The van der Waals surface area contributed by atoms with Crippen LogP contribution in [0.5, 0.6) is 17.2 Å². The van der Waals surface area contributed by atoms with Crippen LogP contribution in [0, 0.1) is 0 Å². The van der Waals surface area contributed by atoms with Crippen molar-refractivity contribution in [3.05, 3.63) is 52.7 Å². The maximum absolute atomic E-state index is 12.0. The van der Waals surface area contributed by atoms with Gasteiger partial charge < -0.3 is 19.7 Å². The van der Waals surface area contributed by atoms with Gasteiger partial charge >= 0.3 is 0 Å². The van der Waals surface area contributed by atoms with E-state index in [-0.39, 0.29) is 39.4 Å². The van der Waals surface area contributed by atoms with E-state index in [4.69, 9.17) is 4.42 Å². The summed E-state index contributed by atoms with van der Waals surface area (Å²) in [5, 5.41) is 28.5. The summed E-state index contributed by atoms with van der Waals surface area (Å²) < 4.78 is 5.55. The molecule has 0 aliphatic heterocycles. The van der Waals surface area contributed by atoms with E-state index in [9.17, 15) is 20.1 Å². The molecule has 0 atom stereocenters. The minimum atomic E-state index is -0.382. The number of fused-ring (bicyclic) bond motifs is 1. The normalized spacial score (nSPS) is 10.8. The molecule has 5 nitrogen and oxygen atoms in total. The van der Waals surface area contributed by atoms with Crippen LogP contribution in [0.25, 0.3) is 22.3 Å². The second-order valence-electron chi connectivity index (χ2n) is 4.33. The highest BCUT2D eigenvalue weighted by Gasteiger charge is 2.11. The molecule has 100 valence electrons. The fourth-order valence-corrected chi connectivity index (χ4v) is 2.01. The van der Waals surface area contributed by atoms with Crippen molar-refractivity contribution in [1.82, 2.24) is 0 Å². The topological polar surface area (TPSA) is 90.9 Å². The van der Waals surface area contributed by atoms with Gasteiger partial charge in [-0.2, -0.15) is 0 Å². The molecule has 0 fully saturated rings. The molecule has 3 rings (SSSR count). The number of hydrogen-bond donors (Lipinski definition) is 3. The number of benzene rings is 2. The molecule has 3 aromatic rings. The lowest BCUT2D eigenvalue weighted by Gasteiger charge is -2.05. The molecule has 0 radical (unpaired) electrons. The Labute approximate surface area is 113 Å². The third kappa shape index (κ3) is 1.85. The van der Waals surface area contributed by atoms with Crippen LogP contribution in [0.15, 0.2) is 51.7 Å². The number of rotatable bonds is 1. The summed E-state index contributed by atoms with van der Waals surface area (Å²) in [4.78, 5) is 12.0. The molecule has 0 aliphatic carbocycles. The van der Waals surface area contributed by atoms with Gasteiger partial charge in [0.2, 0.25) is 0 Å². The molecule has 1 aromatic heterocycles. The van der Waals surface area contributed by atoms with Gasteiger partial charge in [-0.15, -0.1) is 0 Å². The Morgan fingerprint density at radius 1 is 0.850 bits per heavy atom. The zero-order chi connectivity index (χ0) is 14.3. The van der Waals surface area contributed by atoms with Crippen LogP contribution in [0.2, 0.25) is 0 Å². The lowest BCUT2D eigenvalue weighted by Crippen LogP contribution is -2.00. The summed E-state index contributed by atoms with van der Waals surface area (Å²) in [6.07, 6.45) is 0. The second-order valence-corrected chi connectivity index (χ2v) is 4.33. The maximum atomic E-state index is 12.0. The highest BCUT2D eigenvalue weighted by atomic mass is 16.3. The Bertz CT molecular complexity index is 864. The van der Waals surface area contributed by atoms with Gasteiger partial charge in [-0.3, -0.25) is 4.79 Å². The molecule has 1 heterocycles. The van der Waals surface area contributed by atoms with Crippen molar-refractivity contribution in [2.45, 2.75) is 0 Å². The Kier molecular flexibility index (Phi) is 2.61. The average molecular weight is 270 g/mol. The molecule has 0 aliphatic rings. The highest BCUT2D eigenvalue weighted by Crippen LogP contribution is 2.32. The zero-order valence-corrected chi connectivity index (χ0v) is 10.2. The van der Waals surface area contributed by atoms with Gasteiger partial charge in [0.25, 0.3) is 0 Å². The van der Waals surface area contributed by atoms with E-state index in [1.165, 1.54) is 30.3 Å². The largest absolute Gasteiger partial charge is 0.507 e. The van der Waals surface area contributed by atoms with Gasteiger partial charge in [0.05, 0.1) is 0 Å². The second kappa shape index (κ2) is 4.31. The van der Waals surface area contributed by atoms with E-state index in [0.717, 1.165) is 0 Å². The first-order chi connectivity index (χ1) is 9.56. The molecular weight excluding hydrogens is 260 g/mol. The zero-order valence-electron chi connectivity index (χ0n) is 10.2. The van der Waals surface area contributed by atoms with Gasteiger partial charge in [0, 0.05) is 11.6 Å². The minimum absolute atomic E-state index is 0.110. The van der Waals surface area contributed by atoms with Crippen molar-refractivity contribution in [3.63, 3.8) is 0 Å². The summed E-state index contributed by atoms with van der Waals surface area (Å²) in [5.74, 6) is -0.463. The van der Waals surface area contributed by atoms with Crippen LogP contribution in [-0.2, 0) is 0 Å². The first-order valence-electron chi connectivity index (χ1n) is 5.84. The summed E-state index contributed by atoms with van der Waals surface area (Å²) in [6, 6.07) is 9.89. The molecule has 0 amide bonds. The summed E-state index contributed by atoms with van der Waals surface area (Å²) in [7, 11) is 0. The van der Waals surface area contributed by atoms with Gasteiger partial charge in [-0.1, -0.05) is 6.07 Å². The van der Waals surface area contributed by atoms with E-state index >= 15 is 0 Å². The molecule has 3 N–H and O–H groups in total. The van der Waals surface area contributed by atoms with Crippen molar-refractivity contribution in [2.75, 3.05) is 0 Å². The van der Waals surface area contributed by atoms with Crippen molar-refractivity contribution in [3.8, 4) is 28.6 Å². The van der Waals surface area contributed by atoms with Crippen LogP contribution in [0.4, 0.5) is 0 Å². The Morgan fingerprint density at radius 3 is 2.40 bits per heavy atom. The number of aromatic hydroxyl groups is 3. The molecule has 0 saturated carbocycles. The fourth-order valence-electron chi connectivity index (χ4n) is 2.01. The van der Waals surface area contributed by atoms with Gasteiger partial charge in [0.1, 0.15) is 22.5 Å². The van der Waals surface area contributed by atoms with Crippen molar-refractivity contribution in [1.29, 1.82) is 0 Å². The monoisotopic (exact) mass is 270 g/mol. The quantitative estimate of drug-likeness (QED) is 0.591. The lowest BCUT2D eigenvalue weighted by atomic mass is 10.1. The van der Waals surface area contributed by atoms with Gasteiger partial charge in [-0.05, 0) is 30.3 Å². The van der Waals surface area contributed by atoms with Gasteiger partial charge in [0.15, 0.2) is 16.9 Å². The third-order valence-corrected chi connectivity index (χ3v) is 2.99. The number of hydrogen-bond acceptors (Lipinski definition) is 5. The van der Waals surface area contributed by atoms with E-state index in [0.29, 0.717) is 5.56 Å². The SMILES string of the molecule is O=c1cc(-c2ccc(O)c(O)c2)oc2cccc(O)c12. The average Bonchev–Trinajstić information content (AvgIpc) is 2.41.